The second-order valence-corrected chi connectivity index (χ2v) is 1.83. The molecule has 15 heavy (non-hydrogen) atoms. The molecular weight excluding hydrogens is 282 g/mol. The van der Waals surface area contributed by atoms with Gasteiger partial charge in [0.25, 0.3) is 0 Å². The van der Waals surface area contributed by atoms with Crippen LogP contribution in [0, 0.1) is 0 Å². The van der Waals surface area contributed by atoms with E-state index < -0.39 is 13.8 Å². The van der Waals surface area contributed by atoms with E-state index >= 15 is 0 Å². The SMILES string of the molecule is CC(=O)[O-].O=P([O-])([O-])[O-].[Na+].[Na+].[Na+].[Na+].[Na+].[OH-]. The molecule has 0 spiro atoms. The molecule has 0 atom stereocenters. The first-order valence-corrected chi connectivity index (χ1v) is 3.10. The van der Waals surface area contributed by atoms with E-state index in [1.54, 1.807) is 0 Å². The Bertz CT molecular complexity index is 125. The smallest absolute Gasteiger partial charge is 0.870 e. The van der Waals surface area contributed by atoms with E-state index in [4.69, 9.17) is 29.1 Å². The van der Waals surface area contributed by atoms with Crippen LogP contribution in [-0.4, -0.2) is 11.4 Å². The first-order valence-electron chi connectivity index (χ1n) is 1.64. The largest absolute Gasteiger partial charge is 1.00 e. The van der Waals surface area contributed by atoms with Crippen molar-refractivity contribution < 1.29 is 182 Å². The summed E-state index contributed by atoms with van der Waals surface area (Å²) in [6, 6.07) is 0. The number of hydrogen-bond donors (Lipinski definition) is 0. The monoisotopic (exact) mass is 286 g/mol. The Hall–Kier alpha value is 4.54. The Balaban J connectivity index is -0.00000000785. The van der Waals surface area contributed by atoms with Crippen molar-refractivity contribution in [2.75, 3.05) is 0 Å². The van der Waals surface area contributed by atoms with Crippen molar-refractivity contribution in [3.8, 4) is 0 Å². The predicted octanol–water partition coefficient (Wildman–Crippen LogP) is -19.2. The Morgan fingerprint density at radius 2 is 0.933 bits per heavy atom. The van der Waals surface area contributed by atoms with Gasteiger partial charge in [-0.25, -0.2) is 0 Å². The van der Waals surface area contributed by atoms with Gasteiger partial charge in [-0.3, -0.25) is 0 Å². The van der Waals surface area contributed by atoms with Crippen LogP contribution in [0.25, 0.3) is 0 Å². The molecule has 0 aliphatic heterocycles. The van der Waals surface area contributed by atoms with Gasteiger partial charge < -0.3 is 34.6 Å². The standard InChI is InChI=1S/C2H4O2.5Na.H3O4P.H2O/c1-2(3)4;;;;;;1-5(2,3)4;/h1H3,(H,3,4);;;;;;(H3,1,2,3,4);1H2/q;5*+1;;/p-5. The molecule has 0 aromatic rings. The minimum absolute atomic E-state index is 0. The summed E-state index contributed by atoms with van der Waals surface area (Å²) in [5, 5.41) is 8.89. The fourth-order valence-corrected chi connectivity index (χ4v) is 0. The first-order chi connectivity index (χ1) is 3.73. The van der Waals surface area contributed by atoms with Crippen molar-refractivity contribution in [2.45, 2.75) is 6.92 Å². The molecule has 1 N–H and O–H groups in total. The third kappa shape index (κ3) is 246. The summed E-state index contributed by atoms with van der Waals surface area (Å²) in [7, 11) is -5.39. The van der Waals surface area contributed by atoms with Crippen molar-refractivity contribution in [1.82, 2.24) is 0 Å². The summed E-state index contributed by atoms with van der Waals surface area (Å²) in [6.45, 7) is 0.972. The minimum atomic E-state index is -5.39. The maximum Gasteiger partial charge on any atom is 1.00 e. The van der Waals surface area contributed by atoms with Gasteiger partial charge in [0.15, 0.2) is 0 Å². The average molecular weight is 286 g/mol. The number of aliphatic carboxylic acids is 1. The van der Waals surface area contributed by atoms with Gasteiger partial charge in [0, 0.05) is 5.97 Å². The Morgan fingerprint density at radius 1 is 0.933 bits per heavy atom. The maximum atomic E-state index is 8.89. The van der Waals surface area contributed by atoms with Crippen LogP contribution in [0.1, 0.15) is 6.92 Å². The first kappa shape index (κ1) is 50.4. The van der Waals surface area contributed by atoms with Gasteiger partial charge >= 0.3 is 148 Å². The zero-order valence-electron chi connectivity index (χ0n) is 9.84. The van der Waals surface area contributed by atoms with E-state index in [0.29, 0.717) is 0 Å². The van der Waals surface area contributed by atoms with Crippen molar-refractivity contribution in [1.29, 1.82) is 0 Å². The molecule has 7 nitrogen and oxygen atoms in total. The van der Waals surface area contributed by atoms with Gasteiger partial charge in [0.2, 0.25) is 0 Å². The summed E-state index contributed by atoms with van der Waals surface area (Å²) >= 11 is 0. The normalized spacial score (nSPS) is 5.60. The van der Waals surface area contributed by atoms with Crippen molar-refractivity contribution in [2.24, 2.45) is 0 Å². The zero-order valence-corrected chi connectivity index (χ0v) is 20.7. The fourth-order valence-electron chi connectivity index (χ4n) is 0. The van der Waals surface area contributed by atoms with Crippen molar-refractivity contribution in [3.63, 3.8) is 0 Å². The van der Waals surface area contributed by atoms with Crippen LogP contribution >= 0.6 is 7.82 Å². The number of carbonyl (C=O) groups is 1. The van der Waals surface area contributed by atoms with Crippen molar-refractivity contribution in [3.05, 3.63) is 0 Å². The van der Waals surface area contributed by atoms with Gasteiger partial charge in [-0.15, -0.1) is 0 Å². The zero-order chi connectivity index (χ0) is 8.08. The number of phosphoric acid groups is 1. The van der Waals surface area contributed by atoms with Gasteiger partial charge in [-0.1, -0.05) is 0 Å². The van der Waals surface area contributed by atoms with E-state index in [-0.39, 0.29) is 153 Å². The number of carboxylic acids is 1. The molecule has 64 valence electrons. The van der Waals surface area contributed by atoms with E-state index in [0.717, 1.165) is 6.92 Å². The molecular formula is C2H4Na5O7P. The Morgan fingerprint density at radius 3 is 0.933 bits per heavy atom. The number of carboxylic acid groups (broad SMARTS) is 1. The fraction of sp³-hybridized carbons (Fsp3) is 0.500. The predicted molar refractivity (Wildman–Crippen MR) is 20.2 cm³/mol. The molecule has 0 radical (unpaired) electrons. The van der Waals surface area contributed by atoms with Crippen LogP contribution in [0.3, 0.4) is 0 Å². The van der Waals surface area contributed by atoms with E-state index in [1.165, 1.54) is 0 Å². The van der Waals surface area contributed by atoms with Gasteiger partial charge in [0.05, 0.1) is 0 Å². The van der Waals surface area contributed by atoms with Gasteiger partial charge in [-0.05, 0) is 6.92 Å². The molecule has 13 heteroatoms. The molecule has 0 aromatic carbocycles. The molecule has 0 bridgehead atoms. The molecule has 0 amide bonds. The van der Waals surface area contributed by atoms with Crippen LogP contribution in [0.5, 0.6) is 0 Å². The molecule has 0 saturated carbocycles. The van der Waals surface area contributed by atoms with Crippen LogP contribution in [0.4, 0.5) is 0 Å². The van der Waals surface area contributed by atoms with Gasteiger partial charge in [0.1, 0.15) is 0 Å². The third-order valence-corrected chi connectivity index (χ3v) is 0. The Kier molecular flexibility index (Phi) is 105. The van der Waals surface area contributed by atoms with Crippen LogP contribution in [-0.2, 0) is 9.36 Å². The molecule has 0 aliphatic carbocycles. The Labute approximate surface area is 199 Å². The number of rotatable bonds is 0. The molecule has 0 rings (SSSR count). The van der Waals surface area contributed by atoms with Crippen LogP contribution < -0.4 is 168 Å². The molecule has 0 saturated heterocycles. The maximum absolute atomic E-state index is 8.89. The molecule has 0 aromatic heterocycles. The molecule has 0 aliphatic rings. The summed E-state index contributed by atoms with van der Waals surface area (Å²) < 4.78 is 8.55. The molecule has 0 unspecified atom stereocenters. The number of carbonyl (C=O) groups excluding carboxylic acids is 1. The van der Waals surface area contributed by atoms with E-state index in [9.17, 15) is 0 Å². The summed E-state index contributed by atoms with van der Waals surface area (Å²) in [5.74, 6) is -1.08. The van der Waals surface area contributed by atoms with E-state index in [2.05, 4.69) is 0 Å². The number of hydrogen-bond acceptors (Lipinski definition) is 7. The summed E-state index contributed by atoms with van der Waals surface area (Å²) in [6.07, 6.45) is 0. The molecule has 0 heterocycles. The van der Waals surface area contributed by atoms with Crippen LogP contribution in [0.2, 0.25) is 0 Å². The third-order valence-electron chi connectivity index (χ3n) is 0. The summed E-state index contributed by atoms with van der Waals surface area (Å²) in [4.78, 5) is 34.5. The quantitative estimate of drug-likeness (QED) is 0.316. The van der Waals surface area contributed by atoms with Gasteiger partial charge in [-0.2, -0.15) is 7.82 Å². The molecule has 0 fully saturated rings. The van der Waals surface area contributed by atoms with E-state index in [1.807, 2.05) is 0 Å². The minimum Gasteiger partial charge on any atom is -0.870 e. The summed E-state index contributed by atoms with van der Waals surface area (Å²) in [5.41, 5.74) is 0. The topological polar surface area (TPSA) is 156 Å². The van der Waals surface area contributed by atoms with Crippen molar-refractivity contribution >= 4 is 13.8 Å². The average Bonchev–Trinajstić information content (AvgIpc) is 1.19. The second-order valence-electron chi connectivity index (χ2n) is 0.939. The van der Waals surface area contributed by atoms with Crippen LogP contribution in [0.15, 0.2) is 0 Å². The second kappa shape index (κ2) is 31.1.